The van der Waals surface area contributed by atoms with Gasteiger partial charge in [0.1, 0.15) is 11.4 Å². The van der Waals surface area contributed by atoms with E-state index in [2.05, 4.69) is 5.32 Å². The van der Waals surface area contributed by atoms with Gasteiger partial charge in [0.15, 0.2) is 0 Å². The number of methoxy groups -OCH3 is 1. The number of ether oxygens (including phenoxy) is 1. The predicted octanol–water partition coefficient (Wildman–Crippen LogP) is 1.51. The van der Waals surface area contributed by atoms with Gasteiger partial charge in [0, 0.05) is 30.5 Å². The first-order valence-corrected chi connectivity index (χ1v) is 6.33. The Kier molecular flexibility index (Phi) is 2.60. The highest BCUT2D eigenvalue weighted by atomic mass is 16.5. The average Bonchev–Trinajstić information content (AvgIpc) is 2.59. The molecule has 2 bridgehead atoms. The van der Waals surface area contributed by atoms with Crippen LogP contribution in [0, 0.1) is 11.8 Å². The van der Waals surface area contributed by atoms with E-state index in [0.717, 1.165) is 37.2 Å². The van der Waals surface area contributed by atoms with Crippen LogP contribution in [-0.4, -0.2) is 25.3 Å². The van der Waals surface area contributed by atoms with Gasteiger partial charge in [-0.1, -0.05) is 18.2 Å². The second-order valence-corrected chi connectivity index (χ2v) is 5.16. The number of piperidine rings is 1. The van der Waals surface area contributed by atoms with Crippen LogP contribution in [0.25, 0.3) is 0 Å². The Balaban J connectivity index is 2.07. The Morgan fingerprint density at radius 3 is 2.53 bits per heavy atom. The molecule has 3 heteroatoms. The number of benzene rings is 1. The molecule has 92 valence electrons. The third kappa shape index (κ3) is 1.49. The van der Waals surface area contributed by atoms with Crippen LogP contribution < -0.4 is 10.1 Å². The van der Waals surface area contributed by atoms with Crippen molar-refractivity contribution in [1.29, 1.82) is 0 Å². The molecule has 3 nitrogen and oxygen atoms in total. The van der Waals surface area contributed by atoms with Crippen LogP contribution in [0.2, 0.25) is 0 Å². The minimum atomic E-state index is -0.697. The Bertz CT molecular complexity index is 402. The molecule has 1 aliphatic carbocycles. The van der Waals surface area contributed by atoms with Crippen molar-refractivity contribution in [2.75, 3.05) is 20.2 Å². The van der Waals surface area contributed by atoms with E-state index in [-0.39, 0.29) is 0 Å². The van der Waals surface area contributed by atoms with E-state index in [9.17, 15) is 5.11 Å². The van der Waals surface area contributed by atoms with E-state index in [1.165, 1.54) is 0 Å². The number of nitrogens with one attached hydrogen (secondary N) is 1. The van der Waals surface area contributed by atoms with Crippen molar-refractivity contribution in [2.24, 2.45) is 11.8 Å². The highest BCUT2D eigenvalue weighted by molar-refractivity contribution is 5.40. The molecule has 2 unspecified atom stereocenters. The molecule has 2 fully saturated rings. The SMILES string of the molecule is COc1ccccc1C1(O)C2CCC1CNC2. The first-order valence-electron chi connectivity index (χ1n) is 6.33. The van der Waals surface area contributed by atoms with Crippen LogP contribution in [0.3, 0.4) is 0 Å². The maximum atomic E-state index is 11.1. The summed E-state index contributed by atoms with van der Waals surface area (Å²) in [6.07, 6.45) is 2.21. The van der Waals surface area contributed by atoms with Crippen molar-refractivity contribution < 1.29 is 9.84 Å². The number of para-hydroxylation sites is 1. The number of aliphatic hydroxyl groups is 1. The van der Waals surface area contributed by atoms with Crippen molar-refractivity contribution in [1.82, 2.24) is 5.32 Å². The van der Waals surface area contributed by atoms with E-state index in [1.54, 1.807) is 7.11 Å². The lowest BCUT2D eigenvalue weighted by molar-refractivity contribution is -0.0591. The largest absolute Gasteiger partial charge is 0.496 e. The summed E-state index contributed by atoms with van der Waals surface area (Å²) in [4.78, 5) is 0. The third-order valence-corrected chi connectivity index (χ3v) is 4.43. The molecule has 3 rings (SSSR count). The summed E-state index contributed by atoms with van der Waals surface area (Å²) in [5.41, 5.74) is 0.272. The fourth-order valence-corrected chi connectivity index (χ4v) is 3.54. The van der Waals surface area contributed by atoms with Crippen LogP contribution in [0.4, 0.5) is 0 Å². The fraction of sp³-hybridized carbons (Fsp3) is 0.571. The molecule has 1 heterocycles. The molecular formula is C14H19NO2. The maximum Gasteiger partial charge on any atom is 0.124 e. The van der Waals surface area contributed by atoms with Crippen LogP contribution in [0.5, 0.6) is 5.75 Å². The smallest absolute Gasteiger partial charge is 0.124 e. The van der Waals surface area contributed by atoms with Crippen LogP contribution in [0.1, 0.15) is 18.4 Å². The predicted molar refractivity (Wildman–Crippen MR) is 66.0 cm³/mol. The summed E-state index contributed by atoms with van der Waals surface area (Å²) in [5, 5.41) is 14.5. The van der Waals surface area contributed by atoms with Gasteiger partial charge in [-0.15, -0.1) is 0 Å². The fourth-order valence-electron chi connectivity index (χ4n) is 3.54. The van der Waals surface area contributed by atoms with Crippen molar-refractivity contribution in [3.05, 3.63) is 29.8 Å². The molecule has 0 aromatic heterocycles. The molecule has 0 radical (unpaired) electrons. The minimum Gasteiger partial charge on any atom is -0.496 e. The van der Waals surface area contributed by atoms with Crippen LogP contribution in [0.15, 0.2) is 24.3 Å². The van der Waals surface area contributed by atoms with Gasteiger partial charge in [-0.25, -0.2) is 0 Å². The van der Waals surface area contributed by atoms with Gasteiger partial charge in [-0.05, 0) is 18.9 Å². The lowest BCUT2D eigenvalue weighted by Crippen LogP contribution is -2.50. The third-order valence-electron chi connectivity index (χ3n) is 4.43. The van der Waals surface area contributed by atoms with Gasteiger partial charge in [-0.3, -0.25) is 0 Å². The van der Waals surface area contributed by atoms with Gasteiger partial charge in [-0.2, -0.15) is 0 Å². The van der Waals surface area contributed by atoms with Crippen molar-refractivity contribution in [3.8, 4) is 5.75 Å². The van der Waals surface area contributed by atoms with Gasteiger partial charge in [0.05, 0.1) is 7.11 Å². The Morgan fingerprint density at radius 2 is 1.88 bits per heavy atom. The molecule has 1 saturated heterocycles. The molecule has 1 aromatic carbocycles. The molecule has 0 spiro atoms. The van der Waals surface area contributed by atoms with Crippen molar-refractivity contribution >= 4 is 0 Å². The summed E-state index contributed by atoms with van der Waals surface area (Å²) in [5.74, 6) is 1.45. The summed E-state index contributed by atoms with van der Waals surface area (Å²) < 4.78 is 5.41. The molecule has 2 atom stereocenters. The highest BCUT2D eigenvalue weighted by Gasteiger charge is 2.52. The van der Waals surface area contributed by atoms with E-state index in [1.807, 2.05) is 24.3 Å². The zero-order valence-corrected chi connectivity index (χ0v) is 10.1. The van der Waals surface area contributed by atoms with Gasteiger partial charge in [0.2, 0.25) is 0 Å². The van der Waals surface area contributed by atoms with Gasteiger partial charge < -0.3 is 15.2 Å². The molecule has 2 N–H and O–H groups in total. The lowest BCUT2D eigenvalue weighted by atomic mass is 9.75. The van der Waals surface area contributed by atoms with Crippen LogP contribution in [-0.2, 0) is 5.60 Å². The Morgan fingerprint density at radius 1 is 1.24 bits per heavy atom. The van der Waals surface area contributed by atoms with E-state index < -0.39 is 5.60 Å². The average molecular weight is 233 g/mol. The van der Waals surface area contributed by atoms with E-state index in [0.29, 0.717) is 11.8 Å². The molecular weight excluding hydrogens is 214 g/mol. The van der Waals surface area contributed by atoms with Crippen LogP contribution >= 0.6 is 0 Å². The zero-order valence-electron chi connectivity index (χ0n) is 10.1. The van der Waals surface area contributed by atoms with Crippen molar-refractivity contribution in [3.63, 3.8) is 0 Å². The quantitative estimate of drug-likeness (QED) is 0.813. The second kappa shape index (κ2) is 4.00. The first kappa shape index (κ1) is 11.1. The van der Waals surface area contributed by atoms with Crippen molar-refractivity contribution in [2.45, 2.75) is 18.4 Å². The van der Waals surface area contributed by atoms with Gasteiger partial charge >= 0.3 is 0 Å². The molecule has 1 aliphatic heterocycles. The number of fused-ring (bicyclic) bond motifs is 2. The Labute approximate surface area is 102 Å². The molecule has 17 heavy (non-hydrogen) atoms. The number of hydrogen-bond acceptors (Lipinski definition) is 3. The standard InChI is InChI=1S/C14H19NO2/c1-17-13-5-3-2-4-12(13)14(16)10-6-7-11(14)9-15-8-10/h2-5,10-11,15-16H,6-9H2,1H3. The molecule has 1 saturated carbocycles. The second-order valence-electron chi connectivity index (χ2n) is 5.16. The minimum absolute atomic E-state index is 0.317. The number of hydrogen-bond donors (Lipinski definition) is 2. The summed E-state index contributed by atoms with van der Waals surface area (Å²) in [7, 11) is 1.67. The monoisotopic (exact) mass is 233 g/mol. The molecule has 0 amide bonds. The topological polar surface area (TPSA) is 41.5 Å². The van der Waals surface area contributed by atoms with E-state index in [4.69, 9.17) is 4.74 Å². The Hall–Kier alpha value is -1.06. The lowest BCUT2D eigenvalue weighted by Gasteiger charge is -2.40. The highest BCUT2D eigenvalue weighted by Crippen LogP contribution is 2.51. The normalized spacial score (nSPS) is 35.9. The first-order chi connectivity index (χ1) is 8.26. The number of rotatable bonds is 2. The summed E-state index contributed by atoms with van der Waals surface area (Å²) in [6, 6.07) is 7.89. The summed E-state index contributed by atoms with van der Waals surface area (Å²) >= 11 is 0. The zero-order chi connectivity index (χ0) is 11.9. The molecule has 1 aromatic rings. The maximum absolute atomic E-state index is 11.1. The van der Waals surface area contributed by atoms with E-state index >= 15 is 0 Å². The summed E-state index contributed by atoms with van der Waals surface area (Å²) in [6.45, 7) is 1.82. The van der Waals surface area contributed by atoms with Gasteiger partial charge in [0.25, 0.3) is 0 Å². The molecule has 2 aliphatic rings.